The number of allylic oxidation sites excluding steroid dienone is 2. The van der Waals surface area contributed by atoms with E-state index in [9.17, 15) is 0 Å². The van der Waals surface area contributed by atoms with Gasteiger partial charge in [0.2, 0.25) is 0 Å². The normalized spacial score (nSPS) is 25.1. The maximum absolute atomic E-state index is 5.18. The zero-order valence-electron chi connectivity index (χ0n) is 14.6. The Morgan fingerprint density at radius 1 is 1.13 bits per heavy atom. The van der Waals surface area contributed by atoms with Crippen LogP contribution in [0.3, 0.4) is 0 Å². The van der Waals surface area contributed by atoms with Crippen LogP contribution in [0.4, 0.5) is 5.69 Å². The summed E-state index contributed by atoms with van der Waals surface area (Å²) >= 11 is 0. The van der Waals surface area contributed by atoms with Crippen LogP contribution in [0, 0.1) is 11.8 Å². The molecule has 0 spiro atoms. The van der Waals surface area contributed by atoms with Gasteiger partial charge in [-0.25, -0.2) is 0 Å². The molecule has 1 fully saturated rings. The fraction of sp³-hybridized carbons (Fsp3) is 0.550. The average molecular weight is 312 g/mol. The highest BCUT2D eigenvalue weighted by atomic mass is 16.5. The Kier molecular flexibility index (Phi) is 5.04. The van der Waals surface area contributed by atoms with E-state index in [1.165, 1.54) is 44.1 Å². The predicted octanol–water partition coefficient (Wildman–Crippen LogP) is 5.40. The molecule has 1 aromatic carbocycles. The number of nitrogens with zero attached hydrogens (tertiary/aromatic N) is 1. The molecule has 3 rings (SSSR count). The van der Waals surface area contributed by atoms with Gasteiger partial charge in [0.15, 0.2) is 0 Å². The highest BCUT2D eigenvalue weighted by molar-refractivity contribution is 5.99. The van der Waals surface area contributed by atoms with Crippen LogP contribution < -0.4 is 10.2 Å². The monoisotopic (exact) mass is 312 g/mol. The second-order valence-corrected chi connectivity index (χ2v) is 6.89. The first-order chi connectivity index (χ1) is 11.2. The fourth-order valence-corrected chi connectivity index (χ4v) is 4.22. The van der Waals surface area contributed by atoms with Crippen LogP contribution in [0.5, 0.6) is 5.75 Å². The molecular weight excluding hydrogens is 284 g/mol. The van der Waals surface area contributed by atoms with Gasteiger partial charge < -0.3 is 4.74 Å². The van der Waals surface area contributed by atoms with Crippen molar-refractivity contribution in [3.8, 4) is 5.75 Å². The van der Waals surface area contributed by atoms with Crippen molar-refractivity contribution in [2.24, 2.45) is 16.9 Å². The zero-order chi connectivity index (χ0) is 16.2. The molecule has 0 amide bonds. The molecule has 1 saturated carbocycles. The van der Waals surface area contributed by atoms with Crippen molar-refractivity contribution in [2.45, 2.75) is 52.4 Å². The summed E-state index contributed by atoms with van der Waals surface area (Å²) in [5.74, 6) is 2.60. The third kappa shape index (κ3) is 3.60. The molecule has 0 aromatic heterocycles. The number of benzene rings is 1. The van der Waals surface area contributed by atoms with Gasteiger partial charge in [-0.1, -0.05) is 18.4 Å². The molecule has 3 nitrogen and oxygen atoms in total. The van der Waals surface area contributed by atoms with E-state index in [4.69, 9.17) is 4.74 Å². The van der Waals surface area contributed by atoms with Crippen molar-refractivity contribution in [2.75, 3.05) is 12.5 Å². The van der Waals surface area contributed by atoms with Crippen molar-refractivity contribution in [1.29, 1.82) is 0 Å². The van der Waals surface area contributed by atoms with Gasteiger partial charge in [0.1, 0.15) is 5.75 Å². The van der Waals surface area contributed by atoms with E-state index in [1.807, 2.05) is 24.3 Å². The molecule has 2 aliphatic carbocycles. The standard InChI is InChI=1S/C20H28N2O/c1-14-19(13-8-16-6-4-5-7-20(14)16)15(2)21-22-17-9-11-18(23-3)12-10-17/h9-12,16,20,22H,4-8,13H2,1-3H3/b21-15-/t16?,20-/m0/s1. The van der Waals surface area contributed by atoms with Crippen LogP contribution in [-0.2, 0) is 0 Å². The Hall–Kier alpha value is -1.77. The first-order valence-corrected chi connectivity index (χ1v) is 8.83. The highest BCUT2D eigenvalue weighted by Gasteiger charge is 2.31. The van der Waals surface area contributed by atoms with Gasteiger partial charge >= 0.3 is 0 Å². The molecular formula is C20H28N2O. The van der Waals surface area contributed by atoms with Gasteiger partial charge in [-0.2, -0.15) is 5.10 Å². The smallest absolute Gasteiger partial charge is 0.119 e. The maximum atomic E-state index is 5.18. The lowest BCUT2D eigenvalue weighted by atomic mass is 9.68. The van der Waals surface area contributed by atoms with Crippen LogP contribution in [-0.4, -0.2) is 12.8 Å². The molecule has 0 saturated heterocycles. The van der Waals surface area contributed by atoms with Crippen molar-refractivity contribution in [3.05, 3.63) is 35.4 Å². The summed E-state index contributed by atoms with van der Waals surface area (Å²) in [4.78, 5) is 0. The van der Waals surface area contributed by atoms with Crippen molar-refractivity contribution in [3.63, 3.8) is 0 Å². The lowest BCUT2D eigenvalue weighted by molar-refractivity contribution is 0.244. The number of methoxy groups -OCH3 is 1. The summed E-state index contributed by atoms with van der Waals surface area (Å²) in [6, 6.07) is 7.89. The van der Waals surface area contributed by atoms with Crippen LogP contribution >= 0.6 is 0 Å². The van der Waals surface area contributed by atoms with E-state index in [2.05, 4.69) is 24.4 Å². The lowest BCUT2D eigenvalue weighted by Crippen LogP contribution is -2.26. The predicted molar refractivity (Wildman–Crippen MR) is 97.1 cm³/mol. The number of hydrogen-bond acceptors (Lipinski definition) is 3. The molecule has 1 N–H and O–H groups in total. The van der Waals surface area contributed by atoms with Gasteiger partial charge in [0.05, 0.1) is 18.5 Å². The minimum Gasteiger partial charge on any atom is -0.497 e. The minimum atomic E-state index is 0.804. The van der Waals surface area contributed by atoms with E-state index >= 15 is 0 Å². The Bertz CT molecular complexity index is 601. The van der Waals surface area contributed by atoms with E-state index in [-0.39, 0.29) is 0 Å². The molecule has 0 aliphatic heterocycles. The lowest BCUT2D eigenvalue weighted by Gasteiger charge is -2.37. The molecule has 0 radical (unpaired) electrons. The molecule has 23 heavy (non-hydrogen) atoms. The fourth-order valence-electron chi connectivity index (χ4n) is 4.22. The minimum absolute atomic E-state index is 0.804. The topological polar surface area (TPSA) is 33.6 Å². The Labute approximate surface area is 139 Å². The molecule has 0 bridgehead atoms. The van der Waals surface area contributed by atoms with Crippen LogP contribution in [0.2, 0.25) is 0 Å². The SMILES string of the molecule is COc1ccc(N/N=C(/C)C2=C(C)[C@@H]3CCCCC3CC2)cc1. The van der Waals surface area contributed by atoms with Gasteiger partial charge in [0.25, 0.3) is 0 Å². The van der Waals surface area contributed by atoms with E-state index in [1.54, 1.807) is 12.7 Å². The quantitative estimate of drug-likeness (QED) is 0.596. The molecule has 0 heterocycles. The molecule has 124 valence electrons. The summed E-state index contributed by atoms with van der Waals surface area (Å²) in [5.41, 5.74) is 8.40. The maximum Gasteiger partial charge on any atom is 0.119 e. The second-order valence-electron chi connectivity index (χ2n) is 6.89. The molecule has 2 atom stereocenters. The van der Waals surface area contributed by atoms with Crippen LogP contribution in [0.15, 0.2) is 40.5 Å². The van der Waals surface area contributed by atoms with Gasteiger partial charge in [0, 0.05) is 0 Å². The Morgan fingerprint density at radius 3 is 2.61 bits per heavy atom. The van der Waals surface area contributed by atoms with Crippen molar-refractivity contribution in [1.82, 2.24) is 0 Å². The zero-order valence-corrected chi connectivity index (χ0v) is 14.6. The molecule has 3 heteroatoms. The summed E-state index contributed by atoms with van der Waals surface area (Å²) in [6.45, 7) is 4.47. The van der Waals surface area contributed by atoms with Gasteiger partial charge in [-0.15, -0.1) is 0 Å². The molecule has 2 aliphatic rings. The van der Waals surface area contributed by atoms with Gasteiger partial charge in [-0.3, -0.25) is 5.43 Å². The summed E-state index contributed by atoms with van der Waals surface area (Å²) < 4.78 is 5.18. The first kappa shape index (κ1) is 16.1. The summed E-state index contributed by atoms with van der Waals surface area (Å²) in [5, 5.41) is 4.63. The number of nitrogens with one attached hydrogen (secondary N) is 1. The summed E-state index contributed by atoms with van der Waals surface area (Å²) in [6.07, 6.45) is 8.15. The van der Waals surface area contributed by atoms with E-state index < -0.39 is 0 Å². The number of ether oxygens (including phenoxy) is 1. The second kappa shape index (κ2) is 7.20. The van der Waals surface area contributed by atoms with Gasteiger partial charge in [-0.05, 0) is 81.2 Å². The summed E-state index contributed by atoms with van der Waals surface area (Å²) in [7, 11) is 1.68. The number of hydrazone groups is 1. The van der Waals surface area contributed by atoms with Crippen molar-refractivity contribution < 1.29 is 4.74 Å². The Balaban J connectivity index is 1.71. The molecule has 1 unspecified atom stereocenters. The average Bonchev–Trinajstić information content (AvgIpc) is 2.60. The third-order valence-corrected chi connectivity index (χ3v) is 5.59. The largest absolute Gasteiger partial charge is 0.497 e. The molecule has 1 aromatic rings. The van der Waals surface area contributed by atoms with E-state index in [0.717, 1.165) is 29.0 Å². The Morgan fingerprint density at radius 2 is 1.87 bits per heavy atom. The number of anilines is 1. The van der Waals surface area contributed by atoms with Crippen LogP contribution in [0.1, 0.15) is 52.4 Å². The number of fused-ring (bicyclic) bond motifs is 1. The van der Waals surface area contributed by atoms with E-state index in [0.29, 0.717) is 0 Å². The highest BCUT2D eigenvalue weighted by Crippen LogP contribution is 2.43. The third-order valence-electron chi connectivity index (χ3n) is 5.59. The number of rotatable bonds is 4. The van der Waals surface area contributed by atoms with Crippen LogP contribution in [0.25, 0.3) is 0 Å². The van der Waals surface area contributed by atoms with Crippen molar-refractivity contribution >= 4 is 11.4 Å². The first-order valence-electron chi connectivity index (χ1n) is 8.83. The number of hydrogen-bond donors (Lipinski definition) is 1.